The molecule has 7 nitrogen and oxygen atoms in total. The van der Waals surface area contributed by atoms with E-state index in [1.54, 1.807) is 22.0 Å². The Bertz CT molecular complexity index is 967. The van der Waals surface area contributed by atoms with Gasteiger partial charge < -0.3 is 10.0 Å². The van der Waals surface area contributed by atoms with Crippen molar-refractivity contribution in [1.29, 1.82) is 0 Å². The van der Waals surface area contributed by atoms with Gasteiger partial charge in [0.05, 0.1) is 30.1 Å². The number of hydrogen-bond acceptors (Lipinski definition) is 7. The summed E-state index contributed by atoms with van der Waals surface area (Å²) in [6.45, 7) is 2.94. The number of aliphatic hydroxyl groups excluding tert-OH is 1. The predicted molar refractivity (Wildman–Crippen MR) is 97.1 cm³/mol. The average Bonchev–Trinajstić information content (AvgIpc) is 3.26. The monoisotopic (exact) mass is 357 g/mol. The number of aromatic nitrogens is 4. The Morgan fingerprint density at radius 2 is 2.16 bits per heavy atom. The Hall–Kier alpha value is -2.32. The Morgan fingerprint density at radius 3 is 2.92 bits per heavy atom. The lowest BCUT2D eigenvalue weighted by atomic mass is 10.1. The highest BCUT2D eigenvalue weighted by atomic mass is 32.1. The maximum Gasteiger partial charge on any atom is 0.261 e. The second-order valence-electron chi connectivity index (χ2n) is 6.12. The summed E-state index contributed by atoms with van der Waals surface area (Å²) in [6, 6.07) is 7.33. The van der Waals surface area contributed by atoms with Crippen LogP contribution in [0.4, 0.5) is 5.13 Å². The normalized spacial score (nSPS) is 17.5. The lowest BCUT2D eigenvalue weighted by Gasteiger charge is -2.25. The summed E-state index contributed by atoms with van der Waals surface area (Å²) < 4.78 is 1.61. The van der Waals surface area contributed by atoms with E-state index in [9.17, 15) is 9.90 Å². The maximum absolute atomic E-state index is 12.9. The maximum atomic E-state index is 12.9. The van der Waals surface area contributed by atoms with Gasteiger partial charge in [-0.2, -0.15) is 0 Å². The first-order chi connectivity index (χ1) is 12.2. The minimum atomic E-state index is -0.102. The number of benzene rings is 1. The summed E-state index contributed by atoms with van der Waals surface area (Å²) in [5.74, 6) is 0.697. The van der Waals surface area contributed by atoms with Crippen LogP contribution in [0.15, 0.2) is 29.1 Å². The summed E-state index contributed by atoms with van der Waals surface area (Å²) in [6.07, 6.45) is 1.90. The Labute approximate surface area is 148 Å². The van der Waals surface area contributed by atoms with Gasteiger partial charge >= 0.3 is 0 Å². The molecule has 0 saturated carbocycles. The molecule has 3 heterocycles. The van der Waals surface area contributed by atoms with Gasteiger partial charge in [-0.3, -0.25) is 9.36 Å². The minimum absolute atomic E-state index is 0.0313. The largest absolute Gasteiger partial charge is 0.395 e. The smallest absolute Gasteiger partial charge is 0.261 e. The molecule has 0 aliphatic carbocycles. The van der Waals surface area contributed by atoms with Crippen molar-refractivity contribution in [3.8, 4) is 0 Å². The van der Waals surface area contributed by atoms with E-state index in [4.69, 9.17) is 4.98 Å². The molecule has 8 heteroatoms. The van der Waals surface area contributed by atoms with E-state index in [-0.39, 0.29) is 24.8 Å². The van der Waals surface area contributed by atoms with Gasteiger partial charge in [0.15, 0.2) is 0 Å². The first-order valence-electron chi connectivity index (χ1n) is 8.36. The van der Waals surface area contributed by atoms with E-state index in [2.05, 4.69) is 15.1 Å². The van der Waals surface area contributed by atoms with Gasteiger partial charge in [-0.25, -0.2) is 4.98 Å². The molecule has 1 N–H and O–H groups in total. The van der Waals surface area contributed by atoms with Crippen molar-refractivity contribution >= 4 is 27.4 Å². The number of aliphatic hydroxyl groups is 1. The van der Waals surface area contributed by atoms with Gasteiger partial charge in [0, 0.05) is 6.54 Å². The molecule has 1 aromatic carbocycles. The van der Waals surface area contributed by atoms with Crippen LogP contribution in [0.2, 0.25) is 0 Å². The first-order valence-corrected chi connectivity index (χ1v) is 9.18. The van der Waals surface area contributed by atoms with E-state index in [1.165, 1.54) is 0 Å². The highest BCUT2D eigenvalue weighted by Crippen LogP contribution is 2.36. The molecule has 0 spiro atoms. The summed E-state index contributed by atoms with van der Waals surface area (Å²) in [4.78, 5) is 19.9. The standard InChI is InChI=1S/C17H19N5O2S/c1-11-19-20-17(25-11)21-8-4-7-14(21)15-18-13-6-3-2-5-12(13)16(24)22(15)9-10-23/h2-3,5-6,14,23H,4,7-10H2,1H3. The Kier molecular flexibility index (Phi) is 4.22. The van der Waals surface area contributed by atoms with Crippen molar-refractivity contribution in [1.82, 2.24) is 19.7 Å². The lowest BCUT2D eigenvalue weighted by Crippen LogP contribution is -2.33. The molecular weight excluding hydrogens is 338 g/mol. The molecule has 130 valence electrons. The number of hydrogen-bond donors (Lipinski definition) is 1. The molecule has 0 radical (unpaired) electrons. The van der Waals surface area contributed by atoms with Crippen molar-refractivity contribution in [2.75, 3.05) is 18.1 Å². The molecule has 1 unspecified atom stereocenters. The molecule has 1 aliphatic rings. The fraction of sp³-hybridized carbons (Fsp3) is 0.412. The van der Waals surface area contributed by atoms with Crippen molar-refractivity contribution in [3.63, 3.8) is 0 Å². The van der Waals surface area contributed by atoms with E-state index >= 15 is 0 Å². The average molecular weight is 357 g/mol. The number of rotatable bonds is 4. The van der Waals surface area contributed by atoms with Gasteiger partial charge in [0.2, 0.25) is 5.13 Å². The lowest BCUT2D eigenvalue weighted by molar-refractivity contribution is 0.270. The highest BCUT2D eigenvalue weighted by molar-refractivity contribution is 7.15. The van der Waals surface area contributed by atoms with E-state index < -0.39 is 0 Å². The van der Waals surface area contributed by atoms with Crippen LogP contribution in [0.3, 0.4) is 0 Å². The van der Waals surface area contributed by atoms with Gasteiger partial charge in [-0.15, -0.1) is 10.2 Å². The molecule has 0 amide bonds. The summed E-state index contributed by atoms with van der Waals surface area (Å²) in [5, 5.41) is 20.2. The fourth-order valence-corrected chi connectivity index (χ4v) is 4.19. The molecule has 1 saturated heterocycles. The molecule has 1 aliphatic heterocycles. The van der Waals surface area contributed by atoms with E-state index in [1.807, 2.05) is 25.1 Å². The highest BCUT2D eigenvalue weighted by Gasteiger charge is 2.32. The quantitative estimate of drug-likeness (QED) is 0.768. The van der Waals surface area contributed by atoms with Crippen molar-refractivity contribution in [2.24, 2.45) is 0 Å². The number of fused-ring (bicyclic) bond motifs is 1. The zero-order chi connectivity index (χ0) is 17.4. The molecule has 2 aromatic heterocycles. The number of nitrogens with zero attached hydrogens (tertiary/aromatic N) is 5. The number of aryl methyl sites for hydroxylation is 1. The molecule has 25 heavy (non-hydrogen) atoms. The molecule has 1 fully saturated rings. The van der Waals surface area contributed by atoms with E-state index in [0.717, 1.165) is 29.5 Å². The third kappa shape index (κ3) is 2.81. The third-order valence-corrected chi connectivity index (χ3v) is 5.40. The van der Waals surface area contributed by atoms with Crippen LogP contribution in [0, 0.1) is 6.92 Å². The van der Waals surface area contributed by atoms with Crippen LogP contribution in [-0.2, 0) is 6.54 Å². The van der Waals surface area contributed by atoms with Crippen molar-refractivity contribution < 1.29 is 5.11 Å². The van der Waals surface area contributed by atoms with Crippen LogP contribution in [0.5, 0.6) is 0 Å². The summed E-state index contributed by atoms with van der Waals surface area (Å²) in [5.41, 5.74) is 0.590. The summed E-state index contributed by atoms with van der Waals surface area (Å²) in [7, 11) is 0. The minimum Gasteiger partial charge on any atom is -0.395 e. The third-order valence-electron chi connectivity index (χ3n) is 4.53. The zero-order valence-electron chi connectivity index (χ0n) is 13.9. The van der Waals surface area contributed by atoms with Gasteiger partial charge in [0.1, 0.15) is 10.8 Å². The molecule has 1 atom stereocenters. The molecule has 0 bridgehead atoms. The Balaban J connectivity index is 1.87. The van der Waals surface area contributed by atoms with Crippen molar-refractivity contribution in [2.45, 2.75) is 32.4 Å². The first kappa shape index (κ1) is 16.2. The number of anilines is 1. The Morgan fingerprint density at radius 1 is 1.32 bits per heavy atom. The number of para-hydroxylation sites is 1. The van der Waals surface area contributed by atoms with Crippen LogP contribution < -0.4 is 10.5 Å². The predicted octanol–water partition coefficient (Wildman–Crippen LogP) is 1.89. The van der Waals surface area contributed by atoms with Crippen LogP contribution >= 0.6 is 11.3 Å². The van der Waals surface area contributed by atoms with Gasteiger partial charge in [0.25, 0.3) is 5.56 Å². The van der Waals surface area contributed by atoms with Gasteiger partial charge in [-0.1, -0.05) is 23.5 Å². The molecule has 3 aromatic rings. The molecular formula is C17H19N5O2S. The van der Waals surface area contributed by atoms with Crippen LogP contribution in [0.25, 0.3) is 10.9 Å². The zero-order valence-corrected chi connectivity index (χ0v) is 14.7. The second kappa shape index (κ2) is 6.53. The second-order valence-corrected chi connectivity index (χ2v) is 7.28. The van der Waals surface area contributed by atoms with Crippen molar-refractivity contribution in [3.05, 3.63) is 45.5 Å². The SMILES string of the molecule is Cc1nnc(N2CCCC2c2nc3ccccc3c(=O)n2CCO)s1. The topological polar surface area (TPSA) is 84.1 Å². The van der Waals surface area contributed by atoms with Crippen LogP contribution in [-0.4, -0.2) is 38.0 Å². The fourth-order valence-electron chi connectivity index (χ4n) is 3.42. The summed E-state index contributed by atoms with van der Waals surface area (Å²) >= 11 is 1.55. The van der Waals surface area contributed by atoms with Crippen LogP contribution in [0.1, 0.15) is 29.7 Å². The van der Waals surface area contributed by atoms with Gasteiger partial charge in [-0.05, 0) is 31.9 Å². The molecule has 4 rings (SSSR count). The van der Waals surface area contributed by atoms with E-state index in [0.29, 0.717) is 16.7 Å².